The van der Waals surface area contributed by atoms with Gasteiger partial charge in [0.05, 0.1) is 41.5 Å². The molecule has 1 fully saturated rings. The number of thioether (sulfide) groups is 1. The van der Waals surface area contributed by atoms with Crippen LogP contribution in [-0.4, -0.2) is 71.4 Å². The second kappa shape index (κ2) is 13.1. The third-order valence-electron chi connectivity index (χ3n) is 5.15. The number of carbonyl (C=O) groups is 2. The number of amides is 2. The number of hydrogen-bond acceptors (Lipinski definition) is 8. The number of likely N-dealkylation sites (tertiary alicyclic amines) is 1. The highest BCUT2D eigenvalue weighted by Crippen LogP contribution is 2.23. The molecule has 0 radical (unpaired) electrons. The minimum Gasteiger partial charge on any atom is -0.497 e. The molecule has 12 heteroatoms. The lowest BCUT2D eigenvalue weighted by atomic mass is 10.2. The summed E-state index contributed by atoms with van der Waals surface area (Å²) in [6, 6.07) is 4.80. The monoisotopic (exact) mass is 517 g/mol. The maximum Gasteiger partial charge on any atom is 0.267 e. The van der Waals surface area contributed by atoms with E-state index in [2.05, 4.69) is 42.4 Å². The van der Waals surface area contributed by atoms with Gasteiger partial charge in [-0.3, -0.25) is 9.59 Å². The normalized spacial score (nSPS) is 13.9. The highest BCUT2D eigenvalue weighted by atomic mass is 35.5. The van der Waals surface area contributed by atoms with Crippen LogP contribution >= 0.6 is 23.4 Å². The van der Waals surface area contributed by atoms with Gasteiger partial charge in [0, 0.05) is 13.1 Å². The summed E-state index contributed by atoms with van der Waals surface area (Å²) in [5.41, 5.74) is 0.811. The lowest BCUT2D eigenvalue weighted by Gasteiger charge is -2.15. The molecule has 0 unspecified atom stereocenters. The molecule has 2 amide bonds. The molecule has 2 heterocycles. The molecule has 1 aliphatic heterocycles. The third kappa shape index (κ3) is 7.94. The first kappa shape index (κ1) is 26.5. The van der Waals surface area contributed by atoms with E-state index in [1.807, 2.05) is 0 Å². The Morgan fingerprint density at radius 1 is 1.26 bits per heavy atom. The molecule has 10 nitrogen and oxygen atoms in total. The number of ether oxygens (including phenoxy) is 1. The summed E-state index contributed by atoms with van der Waals surface area (Å²) in [5, 5.41) is 9.14. The van der Waals surface area contributed by atoms with Gasteiger partial charge in [-0.15, -0.1) is 0 Å². The number of anilines is 1. The van der Waals surface area contributed by atoms with Crippen molar-refractivity contribution in [1.29, 1.82) is 0 Å². The van der Waals surface area contributed by atoms with Crippen molar-refractivity contribution >= 4 is 52.0 Å². The van der Waals surface area contributed by atoms with Gasteiger partial charge in [0.2, 0.25) is 0 Å². The number of amidine groups is 1. The van der Waals surface area contributed by atoms with Crippen LogP contribution in [0.5, 0.6) is 5.75 Å². The molecule has 3 N–H and O–H groups in total. The van der Waals surface area contributed by atoms with E-state index in [0.717, 1.165) is 19.6 Å². The second-order valence-corrected chi connectivity index (χ2v) is 8.80. The van der Waals surface area contributed by atoms with Crippen LogP contribution in [0.15, 0.2) is 47.9 Å². The van der Waals surface area contributed by atoms with Gasteiger partial charge in [0.1, 0.15) is 5.75 Å². The van der Waals surface area contributed by atoms with E-state index < -0.39 is 5.91 Å². The average molecular weight is 518 g/mol. The Morgan fingerprint density at radius 2 is 1.97 bits per heavy atom. The van der Waals surface area contributed by atoms with Crippen molar-refractivity contribution in [2.75, 3.05) is 44.9 Å². The van der Waals surface area contributed by atoms with Gasteiger partial charge in [-0.05, 0) is 50.4 Å². The molecular weight excluding hydrogens is 490 g/mol. The Bertz CT molecular complexity index is 1090. The van der Waals surface area contributed by atoms with Gasteiger partial charge in [0.15, 0.2) is 5.17 Å². The lowest BCUT2D eigenvalue weighted by molar-refractivity contribution is -0.117. The van der Waals surface area contributed by atoms with Crippen LogP contribution in [0.4, 0.5) is 11.6 Å². The Kier molecular flexibility index (Phi) is 9.88. The topological polar surface area (TPSA) is 121 Å². The number of aromatic nitrogens is 2. The molecular formula is C23H28ClN7O3S. The lowest BCUT2D eigenvalue weighted by Crippen LogP contribution is -2.37. The molecule has 35 heavy (non-hydrogen) atoms. The van der Waals surface area contributed by atoms with Crippen LogP contribution in [0.1, 0.15) is 23.2 Å². The summed E-state index contributed by atoms with van der Waals surface area (Å²) >= 11 is 7.41. The molecule has 1 saturated heterocycles. The molecule has 0 bridgehead atoms. The zero-order valence-electron chi connectivity index (χ0n) is 19.6. The number of nitrogens with one attached hydrogen (secondary N) is 3. The van der Waals surface area contributed by atoms with Crippen molar-refractivity contribution in [3.05, 3.63) is 53.5 Å². The molecule has 0 aliphatic carbocycles. The Hall–Kier alpha value is -3.15. The van der Waals surface area contributed by atoms with Gasteiger partial charge in [0.25, 0.3) is 17.8 Å². The summed E-state index contributed by atoms with van der Waals surface area (Å²) < 4.78 is 5.14. The minimum absolute atomic E-state index is 0.154. The first-order chi connectivity index (χ1) is 16.9. The predicted octanol–water partition coefficient (Wildman–Crippen LogP) is 3.06. The largest absolute Gasteiger partial charge is 0.497 e. The number of nitrogens with zero attached hydrogens (tertiary/aromatic N) is 4. The molecule has 2 aromatic rings. The quantitative estimate of drug-likeness (QED) is 0.264. The zero-order valence-corrected chi connectivity index (χ0v) is 21.2. The fourth-order valence-electron chi connectivity index (χ4n) is 3.29. The summed E-state index contributed by atoms with van der Waals surface area (Å²) in [6.45, 7) is 7.33. The van der Waals surface area contributed by atoms with Gasteiger partial charge >= 0.3 is 0 Å². The summed E-state index contributed by atoms with van der Waals surface area (Å²) in [6.07, 6.45) is 7.08. The van der Waals surface area contributed by atoms with E-state index in [0.29, 0.717) is 28.2 Å². The van der Waals surface area contributed by atoms with Crippen molar-refractivity contribution in [3.63, 3.8) is 0 Å². The fourth-order valence-corrected chi connectivity index (χ4v) is 3.89. The first-order valence-corrected chi connectivity index (χ1v) is 12.6. The fraction of sp³-hybridized carbons (Fsp3) is 0.348. The van der Waals surface area contributed by atoms with Crippen molar-refractivity contribution in [2.24, 2.45) is 4.99 Å². The first-order valence-electron chi connectivity index (χ1n) is 11.0. The van der Waals surface area contributed by atoms with Crippen LogP contribution in [0.2, 0.25) is 5.02 Å². The van der Waals surface area contributed by atoms with Crippen molar-refractivity contribution < 1.29 is 14.3 Å². The number of methoxy groups -OCH3 is 1. The van der Waals surface area contributed by atoms with E-state index in [1.165, 1.54) is 44.1 Å². The maximum atomic E-state index is 12.5. The molecule has 0 spiro atoms. The van der Waals surface area contributed by atoms with Crippen LogP contribution in [0.25, 0.3) is 0 Å². The van der Waals surface area contributed by atoms with Crippen LogP contribution in [-0.2, 0) is 4.79 Å². The highest BCUT2D eigenvalue weighted by Gasteiger charge is 2.14. The standard InChI is InChI=1S/C23H28ClN7O3S/c1-15(20(32)25-8-11-31-9-4-5-10-31)28-23(35-3)30-22-26-13-16(14-27-22)29-21(33)18-12-17(34-2)6-7-19(18)24/h6-7,12-14H,1,4-5,8-11H2,2-3H3,(H,25,32)(H,29,33)(H,26,27,28,30). The molecule has 186 valence electrons. The van der Waals surface area contributed by atoms with Gasteiger partial charge in [-0.25, -0.2) is 9.97 Å². The number of halogens is 1. The predicted molar refractivity (Wildman–Crippen MR) is 140 cm³/mol. The summed E-state index contributed by atoms with van der Waals surface area (Å²) in [4.78, 5) is 39.8. The molecule has 3 rings (SSSR count). The van der Waals surface area contributed by atoms with E-state index in [4.69, 9.17) is 16.3 Å². The molecule has 0 atom stereocenters. The molecule has 1 aromatic carbocycles. The Labute approximate surface area is 213 Å². The second-order valence-electron chi connectivity index (χ2n) is 7.60. The number of aliphatic imine (C=N–C) groups is 1. The smallest absolute Gasteiger partial charge is 0.267 e. The van der Waals surface area contributed by atoms with E-state index in [9.17, 15) is 9.59 Å². The van der Waals surface area contributed by atoms with Crippen LogP contribution in [0.3, 0.4) is 0 Å². The minimum atomic E-state index is -0.424. The van der Waals surface area contributed by atoms with E-state index in [-0.39, 0.29) is 23.1 Å². The number of hydrogen-bond donors (Lipinski definition) is 3. The van der Waals surface area contributed by atoms with Gasteiger partial charge in [-0.1, -0.05) is 29.9 Å². The van der Waals surface area contributed by atoms with Crippen molar-refractivity contribution in [3.8, 4) is 5.75 Å². The van der Waals surface area contributed by atoms with E-state index in [1.54, 1.807) is 24.5 Å². The van der Waals surface area contributed by atoms with Crippen LogP contribution in [0, 0.1) is 0 Å². The highest BCUT2D eigenvalue weighted by molar-refractivity contribution is 8.13. The molecule has 1 aliphatic rings. The third-order valence-corrected chi connectivity index (χ3v) is 6.06. The van der Waals surface area contributed by atoms with Crippen molar-refractivity contribution in [1.82, 2.24) is 25.5 Å². The molecule has 1 aromatic heterocycles. The zero-order chi connectivity index (χ0) is 25.2. The maximum absolute atomic E-state index is 12.5. The Balaban J connectivity index is 1.54. The van der Waals surface area contributed by atoms with Gasteiger partial charge in [-0.2, -0.15) is 4.99 Å². The Morgan fingerprint density at radius 3 is 2.63 bits per heavy atom. The van der Waals surface area contributed by atoms with E-state index >= 15 is 0 Å². The summed E-state index contributed by atoms with van der Waals surface area (Å²) in [5.74, 6) is -0.0469. The number of rotatable bonds is 9. The number of benzene rings is 1. The van der Waals surface area contributed by atoms with Crippen molar-refractivity contribution in [2.45, 2.75) is 12.8 Å². The summed E-state index contributed by atoms with van der Waals surface area (Å²) in [7, 11) is 1.51. The number of carbonyl (C=O) groups excluding carboxylic acids is 2. The average Bonchev–Trinajstić information content (AvgIpc) is 3.38. The van der Waals surface area contributed by atoms with Gasteiger partial charge < -0.3 is 25.6 Å². The van der Waals surface area contributed by atoms with Crippen LogP contribution < -0.4 is 20.7 Å². The molecule has 0 saturated carbocycles. The SMILES string of the molecule is C=C(N/C(=N\c1ncc(NC(=O)c2cc(OC)ccc2Cl)cn1)SC)C(=O)NCCN1CCCC1.